The number of aryl methyl sites for hydroxylation is 1. The molecule has 26 heteroatoms. The molecule has 296 valence electrons. The van der Waals surface area contributed by atoms with Crippen LogP contribution in [-0.2, 0) is 35.6 Å². The van der Waals surface area contributed by atoms with Crippen LogP contribution in [0.4, 0.5) is 5.13 Å². The van der Waals surface area contributed by atoms with Gasteiger partial charge in [-0.15, -0.1) is 23.1 Å². The van der Waals surface area contributed by atoms with Gasteiger partial charge in [0.15, 0.2) is 34.2 Å². The molecule has 0 saturated heterocycles. The Balaban J connectivity index is 1.64. The van der Waals surface area contributed by atoms with E-state index in [0.29, 0.717) is 26.5 Å². The fraction of sp³-hybridized carbons (Fsp3) is 0.379. The number of aromatic nitrogens is 4. The maximum Gasteiger partial charge on any atom is 0.429 e. The molecule has 1 aliphatic heterocycles. The normalized spacial score (nSPS) is 15.7. The first-order valence-electron chi connectivity index (χ1n) is 15.9. The molecule has 21 nitrogen and oxygen atoms in total. The number of hydrogen-bond acceptors (Lipinski definition) is 18. The summed E-state index contributed by atoms with van der Waals surface area (Å²) in [4.78, 5) is 88.5. The number of carbonyl (C=O) groups is 4. The Kier molecular flexibility index (Phi) is 15.5. The first-order valence-corrected chi connectivity index (χ1v) is 21.1. The van der Waals surface area contributed by atoms with Crippen LogP contribution in [0.2, 0.25) is 0 Å². The minimum absolute atomic E-state index is 0.0174. The lowest BCUT2D eigenvalue weighted by Crippen LogP contribution is -2.54. The van der Waals surface area contributed by atoms with Crippen LogP contribution in [0.1, 0.15) is 32.0 Å². The van der Waals surface area contributed by atoms with Crippen LogP contribution in [-0.4, -0.2) is 89.7 Å². The number of guanidine groups is 1. The Bertz CT molecular complexity index is 2010. The van der Waals surface area contributed by atoms with E-state index in [4.69, 9.17) is 16.3 Å². The van der Waals surface area contributed by atoms with Crippen molar-refractivity contribution in [1.29, 1.82) is 0 Å². The number of carboxylic acid groups (broad SMARTS) is 2. The molecule has 4 rings (SSSR count). The van der Waals surface area contributed by atoms with Crippen LogP contribution in [0.25, 0.3) is 11.3 Å². The largest absolute Gasteiger partial charge is 0.548 e. The SMILES string of the molecule is CCO/N=C(/C(=O)C[C@H](C(=O)NC(CCCN=C(N)N)C(=O)[O-])[C@@H]1NC(C(=O)[O-])=C(Sc2nc(-c3cc[n+](C)cc3)cs2)CS1)c1nsc(NP(=O)(O)O)n1. The van der Waals surface area contributed by atoms with Crippen molar-refractivity contribution < 1.29 is 53.1 Å². The predicted octanol–water partition coefficient (Wildman–Crippen LogP) is -1.99. The van der Waals surface area contributed by atoms with Crippen LogP contribution in [0, 0.1) is 5.92 Å². The van der Waals surface area contributed by atoms with Gasteiger partial charge in [-0.2, -0.15) is 9.36 Å². The Morgan fingerprint density at radius 3 is 2.58 bits per heavy atom. The first kappa shape index (κ1) is 43.1. The monoisotopic (exact) mass is 856 g/mol. The molecule has 0 spiro atoms. The lowest BCUT2D eigenvalue weighted by atomic mass is 9.97. The number of rotatable bonds is 20. The quantitative estimate of drug-likeness (QED) is 0.0162. The number of hydrogen-bond donors (Lipinski definition) is 7. The van der Waals surface area contributed by atoms with Crippen molar-refractivity contribution in [3.05, 3.63) is 46.3 Å². The number of anilines is 1. The Hall–Kier alpha value is -4.65. The Morgan fingerprint density at radius 2 is 1.95 bits per heavy atom. The molecule has 3 aromatic heterocycles. The number of nitrogens with zero attached hydrogens (tertiary/aromatic N) is 6. The summed E-state index contributed by atoms with van der Waals surface area (Å²) in [6, 6.07) is 2.21. The zero-order chi connectivity index (χ0) is 40.3. The van der Waals surface area contributed by atoms with Crippen molar-refractivity contribution in [3.8, 4) is 11.3 Å². The Morgan fingerprint density at radius 1 is 1.22 bits per heavy atom. The van der Waals surface area contributed by atoms with Gasteiger partial charge in [-0.05, 0) is 19.8 Å². The van der Waals surface area contributed by atoms with E-state index in [1.54, 1.807) is 6.92 Å². The number of carboxylic acids is 2. The second-order valence-corrected chi connectivity index (χ2v) is 16.7. The molecule has 0 saturated carbocycles. The minimum atomic E-state index is -4.80. The topological polar surface area (TPSA) is 337 Å². The molecule has 1 unspecified atom stereocenters. The third-order valence-corrected chi connectivity index (χ3v) is 12.0. The highest BCUT2D eigenvalue weighted by atomic mass is 32.2. The Labute approximate surface area is 329 Å². The van der Waals surface area contributed by atoms with E-state index in [0.717, 1.165) is 29.1 Å². The molecule has 0 fully saturated rings. The summed E-state index contributed by atoms with van der Waals surface area (Å²) >= 11 is 3.95. The lowest BCUT2D eigenvalue weighted by molar-refractivity contribution is -0.671. The van der Waals surface area contributed by atoms with Crippen LogP contribution in [0.3, 0.4) is 0 Å². The number of Topliss-reactive ketones (excluding diaryl/α,β-unsaturated/α-hetero) is 1. The molecule has 3 atom stereocenters. The maximum atomic E-state index is 13.9. The van der Waals surface area contributed by atoms with Crippen molar-refractivity contribution in [2.45, 2.75) is 41.9 Å². The minimum Gasteiger partial charge on any atom is -0.548 e. The highest BCUT2D eigenvalue weighted by Crippen LogP contribution is 2.40. The van der Waals surface area contributed by atoms with Gasteiger partial charge < -0.3 is 56.5 Å². The second kappa shape index (κ2) is 19.8. The van der Waals surface area contributed by atoms with Crippen molar-refractivity contribution in [2.24, 2.45) is 34.6 Å². The number of pyridine rings is 1. The summed E-state index contributed by atoms with van der Waals surface area (Å²) < 4.78 is 17.8. The third-order valence-electron chi connectivity index (χ3n) is 7.21. The van der Waals surface area contributed by atoms with Gasteiger partial charge in [-0.25, -0.2) is 14.1 Å². The van der Waals surface area contributed by atoms with Crippen molar-refractivity contribution >= 4 is 94.6 Å². The van der Waals surface area contributed by atoms with Gasteiger partial charge in [-0.3, -0.25) is 19.7 Å². The summed E-state index contributed by atoms with van der Waals surface area (Å²) in [5.41, 5.74) is 11.3. The van der Waals surface area contributed by atoms with Gasteiger partial charge in [-0.1, -0.05) is 16.9 Å². The molecular formula is C29H35N11O10PS4-. The van der Waals surface area contributed by atoms with Crippen LogP contribution >= 0.6 is 54.1 Å². The number of oxime groups is 1. The summed E-state index contributed by atoms with van der Waals surface area (Å²) in [6.45, 7) is 1.59. The number of aliphatic carboxylic acids is 2. The van der Waals surface area contributed by atoms with E-state index >= 15 is 0 Å². The van der Waals surface area contributed by atoms with Gasteiger partial charge in [0.2, 0.25) is 16.9 Å². The number of ketones is 1. The molecule has 0 aromatic carbocycles. The third kappa shape index (κ3) is 13.0. The molecule has 0 radical (unpaired) electrons. The molecule has 4 heterocycles. The van der Waals surface area contributed by atoms with Gasteiger partial charge in [0.05, 0.1) is 40.7 Å². The number of thiazole rings is 1. The lowest BCUT2D eigenvalue weighted by Gasteiger charge is -2.34. The highest BCUT2D eigenvalue weighted by Gasteiger charge is 2.38. The maximum absolute atomic E-state index is 13.9. The number of aliphatic imine (C=N–C) groups is 1. The average molecular weight is 857 g/mol. The fourth-order valence-corrected chi connectivity index (χ4v) is 9.29. The molecule has 55 heavy (non-hydrogen) atoms. The van der Waals surface area contributed by atoms with E-state index in [-0.39, 0.29) is 48.5 Å². The molecule has 0 aliphatic carbocycles. The van der Waals surface area contributed by atoms with Crippen LogP contribution < -0.4 is 42.0 Å². The molecule has 9 N–H and O–H groups in total. The van der Waals surface area contributed by atoms with Gasteiger partial charge in [0.1, 0.15) is 13.7 Å². The zero-order valence-electron chi connectivity index (χ0n) is 28.9. The van der Waals surface area contributed by atoms with Gasteiger partial charge in [0, 0.05) is 58.2 Å². The van der Waals surface area contributed by atoms with Crippen LogP contribution in [0.15, 0.2) is 55.0 Å². The van der Waals surface area contributed by atoms with E-state index in [9.17, 15) is 43.7 Å². The second-order valence-electron chi connectivity index (χ2n) is 11.3. The zero-order valence-corrected chi connectivity index (χ0v) is 33.1. The molecule has 0 bridgehead atoms. The van der Waals surface area contributed by atoms with Crippen molar-refractivity contribution in [2.75, 3.05) is 24.0 Å². The number of thioether (sulfide) groups is 2. The smallest absolute Gasteiger partial charge is 0.429 e. The highest BCUT2D eigenvalue weighted by molar-refractivity contribution is 8.07. The summed E-state index contributed by atoms with van der Waals surface area (Å²) in [5, 5.41) is 35.6. The average Bonchev–Trinajstić information content (AvgIpc) is 3.77. The fourth-order valence-electron chi connectivity index (χ4n) is 4.69. The van der Waals surface area contributed by atoms with E-state index in [1.807, 2.05) is 46.6 Å². The number of nitrogens with two attached hydrogens (primary N) is 2. The van der Waals surface area contributed by atoms with Crippen molar-refractivity contribution in [3.63, 3.8) is 0 Å². The number of nitrogens with one attached hydrogen (secondary N) is 3. The van der Waals surface area contributed by atoms with Gasteiger partial charge >= 0.3 is 7.75 Å². The summed E-state index contributed by atoms with van der Waals surface area (Å²) in [5.74, 6) is -7.16. The standard InChI is InChI=1S/C29H36N11O10PS4/c1-3-50-37-20(22-36-28(55-39-22)38-51(47,48)49)18(41)11-15(23(42)33-16(25(43)44)5-4-8-32-27(30)31)24-35-21(26(45)46)19(13-52-24)54-29-34-17(12-53-29)14-6-9-40(2)10-7-14/h6-7,9-10,12,15-16,24,35H,3-5,8,11,13H2,1-2H3,(H9-,30,31,32,33,36,38,39,42,43,44,45,46,47,48,49)/p-1/b37-20-/t15-,16?,24-/m1/s1. The van der Waals surface area contributed by atoms with Crippen molar-refractivity contribution in [1.82, 2.24) is 25.0 Å². The van der Waals surface area contributed by atoms with Crippen LogP contribution in [0.5, 0.6) is 0 Å². The van der Waals surface area contributed by atoms with Gasteiger partial charge in [0.25, 0.3) is 0 Å². The molecule has 3 aromatic rings. The number of amides is 1. The predicted molar refractivity (Wildman–Crippen MR) is 200 cm³/mol. The molecular weight excluding hydrogens is 822 g/mol. The molecule has 1 aliphatic rings. The molecule has 1 amide bonds. The summed E-state index contributed by atoms with van der Waals surface area (Å²) in [7, 11) is -2.92. The van der Waals surface area contributed by atoms with E-state index < -0.39 is 66.7 Å². The summed E-state index contributed by atoms with van der Waals surface area (Å²) in [6.07, 6.45) is 2.97. The van der Waals surface area contributed by atoms with E-state index in [2.05, 4.69) is 35.1 Å². The van der Waals surface area contributed by atoms with E-state index in [1.165, 1.54) is 11.3 Å². The number of carbonyl (C=O) groups excluding carboxylic acids is 4. The first-order chi connectivity index (χ1) is 26.0.